The molecule has 2 aromatic rings. The number of amides is 1. The third-order valence-corrected chi connectivity index (χ3v) is 3.92. The highest BCUT2D eigenvalue weighted by Gasteiger charge is 2.22. The molecule has 0 saturated carbocycles. The van der Waals surface area contributed by atoms with Crippen LogP contribution in [0.15, 0.2) is 48.5 Å². The molecule has 2 aromatic carbocycles. The van der Waals surface area contributed by atoms with Gasteiger partial charge in [0.25, 0.3) is 11.6 Å². The van der Waals surface area contributed by atoms with Crippen LogP contribution in [0.25, 0.3) is 0 Å². The predicted molar refractivity (Wildman–Crippen MR) is 96.3 cm³/mol. The van der Waals surface area contributed by atoms with Crippen LogP contribution in [0.1, 0.15) is 28.8 Å². The summed E-state index contributed by atoms with van der Waals surface area (Å²) in [5, 5.41) is 13.8. The lowest BCUT2D eigenvalue weighted by molar-refractivity contribution is -0.385. The average molecular weight is 377 g/mol. The van der Waals surface area contributed by atoms with Crippen LogP contribution in [-0.4, -0.2) is 30.0 Å². The highest BCUT2D eigenvalue weighted by Crippen LogP contribution is 2.23. The first-order valence-corrected chi connectivity index (χ1v) is 8.19. The quantitative estimate of drug-likeness (QED) is 0.454. The van der Waals surface area contributed by atoms with Gasteiger partial charge in [0.2, 0.25) is 0 Å². The molecule has 8 heteroatoms. The van der Waals surface area contributed by atoms with Gasteiger partial charge in [0.05, 0.1) is 4.92 Å². The van der Waals surface area contributed by atoms with E-state index < -0.39 is 29.1 Å². The van der Waals surface area contributed by atoms with E-state index in [1.54, 1.807) is 0 Å². The highest BCUT2D eigenvalue weighted by atomic mass is 35.5. The van der Waals surface area contributed by atoms with Gasteiger partial charge in [0.1, 0.15) is 5.56 Å². The fourth-order valence-corrected chi connectivity index (χ4v) is 2.42. The zero-order valence-electron chi connectivity index (χ0n) is 14.0. The van der Waals surface area contributed by atoms with Gasteiger partial charge in [-0.25, -0.2) is 4.79 Å². The van der Waals surface area contributed by atoms with Gasteiger partial charge in [-0.2, -0.15) is 0 Å². The Morgan fingerprint density at radius 3 is 2.58 bits per heavy atom. The van der Waals surface area contributed by atoms with E-state index in [1.807, 2.05) is 37.3 Å². The van der Waals surface area contributed by atoms with E-state index in [0.29, 0.717) is 6.54 Å². The molecule has 0 aliphatic heterocycles. The van der Waals surface area contributed by atoms with Crippen molar-refractivity contribution in [2.45, 2.75) is 12.8 Å². The normalized spacial score (nSPS) is 11.5. The third-order valence-electron chi connectivity index (χ3n) is 3.68. The molecule has 26 heavy (non-hydrogen) atoms. The summed E-state index contributed by atoms with van der Waals surface area (Å²) in [5.41, 5.74) is 0.340. The number of benzene rings is 2. The molecule has 2 rings (SSSR count). The second-order valence-corrected chi connectivity index (χ2v) is 6.05. The van der Waals surface area contributed by atoms with Gasteiger partial charge in [-0.1, -0.05) is 48.9 Å². The smallest absolute Gasteiger partial charge is 0.345 e. The second-order valence-electron chi connectivity index (χ2n) is 5.61. The van der Waals surface area contributed by atoms with Crippen LogP contribution in [0.4, 0.5) is 5.69 Å². The lowest BCUT2D eigenvalue weighted by Crippen LogP contribution is -2.31. The van der Waals surface area contributed by atoms with E-state index in [0.717, 1.165) is 11.6 Å². The van der Waals surface area contributed by atoms with Gasteiger partial charge >= 0.3 is 5.97 Å². The fraction of sp³-hybridized carbons (Fsp3) is 0.222. The maximum atomic E-state index is 12.0. The van der Waals surface area contributed by atoms with Crippen molar-refractivity contribution in [3.8, 4) is 0 Å². The summed E-state index contributed by atoms with van der Waals surface area (Å²) < 4.78 is 4.86. The Balaban J connectivity index is 1.87. The largest absolute Gasteiger partial charge is 0.452 e. The van der Waals surface area contributed by atoms with Gasteiger partial charge in [-0.3, -0.25) is 14.9 Å². The summed E-state index contributed by atoms with van der Waals surface area (Å²) in [7, 11) is 0. The maximum Gasteiger partial charge on any atom is 0.345 e. The van der Waals surface area contributed by atoms with E-state index in [1.165, 1.54) is 12.1 Å². The highest BCUT2D eigenvalue weighted by molar-refractivity contribution is 6.31. The summed E-state index contributed by atoms with van der Waals surface area (Å²) in [6, 6.07) is 13.2. The molecule has 136 valence electrons. The Morgan fingerprint density at radius 1 is 1.23 bits per heavy atom. The topological polar surface area (TPSA) is 98.5 Å². The second kappa shape index (κ2) is 8.96. The number of halogens is 1. The monoisotopic (exact) mass is 376 g/mol. The number of esters is 1. The Morgan fingerprint density at radius 2 is 1.92 bits per heavy atom. The van der Waals surface area contributed by atoms with Crippen LogP contribution in [0, 0.1) is 10.1 Å². The molecule has 0 aromatic heterocycles. The third kappa shape index (κ3) is 5.29. The summed E-state index contributed by atoms with van der Waals surface area (Å²) >= 11 is 5.69. The van der Waals surface area contributed by atoms with Crippen molar-refractivity contribution in [1.29, 1.82) is 0 Å². The minimum absolute atomic E-state index is 0.0909. The Hall–Kier alpha value is -2.93. The van der Waals surface area contributed by atoms with Crippen LogP contribution in [-0.2, 0) is 9.53 Å². The molecule has 7 nitrogen and oxygen atoms in total. The van der Waals surface area contributed by atoms with Crippen molar-refractivity contribution in [3.63, 3.8) is 0 Å². The number of nitrogens with zero attached hydrogens (tertiary/aromatic N) is 1. The lowest BCUT2D eigenvalue weighted by atomic mass is 10.0. The summed E-state index contributed by atoms with van der Waals surface area (Å²) in [5.74, 6) is -1.36. The molecular weight excluding hydrogens is 360 g/mol. The first kappa shape index (κ1) is 19.4. The molecule has 0 fully saturated rings. The Labute approximate surface area is 155 Å². The van der Waals surface area contributed by atoms with Gasteiger partial charge in [0.15, 0.2) is 6.61 Å². The summed E-state index contributed by atoms with van der Waals surface area (Å²) in [4.78, 5) is 34.1. The zero-order chi connectivity index (χ0) is 19.1. The molecule has 0 aliphatic carbocycles. The van der Waals surface area contributed by atoms with Crippen LogP contribution in [0.5, 0.6) is 0 Å². The number of carbonyl (C=O) groups excluding carboxylic acids is 2. The van der Waals surface area contributed by atoms with Crippen LogP contribution >= 0.6 is 11.6 Å². The first-order valence-electron chi connectivity index (χ1n) is 7.81. The zero-order valence-corrected chi connectivity index (χ0v) is 14.7. The molecule has 0 heterocycles. The number of hydrogen-bond acceptors (Lipinski definition) is 5. The maximum absolute atomic E-state index is 12.0. The van der Waals surface area contributed by atoms with Crippen molar-refractivity contribution in [2.75, 3.05) is 13.2 Å². The molecule has 0 radical (unpaired) electrons. The molecule has 0 spiro atoms. The molecule has 0 aliphatic rings. The van der Waals surface area contributed by atoms with Crippen LogP contribution in [0.2, 0.25) is 5.02 Å². The summed E-state index contributed by atoms with van der Waals surface area (Å²) in [6.07, 6.45) is 0. The Bertz CT molecular complexity index is 810. The number of carbonyl (C=O) groups is 2. The van der Waals surface area contributed by atoms with Crippen molar-refractivity contribution < 1.29 is 19.2 Å². The van der Waals surface area contributed by atoms with Crippen molar-refractivity contribution in [3.05, 3.63) is 74.8 Å². The minimum Gasteiger partial charge on any atom is -0.452 e. The number of nitrogens with one attached hydrogen (secondary N) is 1. The molecular formula is C18H17ClN2O5. The summed E-state index contributed by atoms with van der Waals surface area (Å²) in [6.45, 7) is 1.81. The van der Waals surface area contributed by atoms with E-state index in [2.05, 4.69) is 5.32 Å². The molecule has 0 bridgehead atoms. The Kier molecular flexibility index (Phi) is 6.68. The number of ether oxygens (including phenoxy) is 1. The van der Waals surface area contributed by atoms with Gasteiger partial charge in [-0.05, 0) is 23.6 Å². The molecule has 1 amide bonds. The fourth-order valence-electron chi connectivity index (χ4n) is 2.25. The minimum atomic E-state index is -0.959. The average Bonchev–Trinajstić information content (AvgIpc) is 2.64. The van der Waals surface area contributed by atoms with Crippen molar-refractivity contribution in [1.82, 2.24) is 5.32 Å². The number of nitro benzene ring substituents is 1. The van der Waals surface area contributed by atoms with Gasteiger partial charge < -0.3 is 10.1 Å². The first-order chi connectivity index (χ1) is 12.4. The van der Waals surface area contributed by atoms with Crippen molar-refractivity contribution in [2.24, 2.45) is 0 Å². The lowest BCUT2D eigenvalue weighted by Gasteiger charge is -2.13. The number of rotatable bonds is 7. The molecule has 0 saturated heterocycles. The van der Waals surface area contributed by atoms with Crippen molar-refractivity contribution >= 4 is 29.2 Å². The predicted octanol–water partition coefficient (Wildman–Crippen LogP) is 3.32. The van der Waals surface area contributed by atoms with E-state index in [-0.39, 0.29) is 16.5 Å². The number of hydrogen-bond donors (Lipinski definition) is 1. The SMILES string of the molecule is C[C@H](CNC(=O)COC(=O)c1ccc(Cl)cc1[N+](=O)[O-])c1ccccc1. The van der Waals surface area contributed by atoms with Crippen LogP contribution in [0.3, 0.4) is 0 Å². The number of nitro groups is 1. The molecule has 1 atom stereocenters. The van der Waals surface area contributed by atoms with E-state index in [4.69, 9.17) is 16.3 Å². The van der Waals surface area contributed by atoms with Crippen LogP contribution < -0.4 is 5.32 Å². The van der Waals surface area contributed by atoms with Gasteiger partial charge in [0, 0.05) is 17.6 Å². The van der Waals surface area contributed by atoms with E-state index in [9.17, 15) is 19.7 Å². The van der Waals surface area contributed by atoms with Gasteiger partial charge in [-0.15, -0.1) is 0 Å². The molecule has 0 unspecified atom stereocenters. The molecule has 1 N–H and O–H groups in total. The standard InChI is InChI=1S/C18H17ClN2O5/c1-12(13-5-3-2-4-6-13)10-20-17(22)11-26-18(23)15-8-7-14(19)9-16(15)21(24)25/h2-9,12H,10-11H2,1H3,(H,20,22)/t12-/m1/s1. The van der Waals surface area contributed by atoms with E-state index >= 15 is 0 Å².